The van der Waals surface area contributed by atoms with Gasteiger partial charge in [-0.1, -0.05) is 37.3 Å². The predicted octanol–water partition coefficient (Wildman–Crippen LogP) is 1.82. The molecule has 2 unspecified atom stereocenters. The number of hydrogen-bond acceptors (Lipinski definition) is 3. The van der Waals surface area contributed by atoms with Crippen molar-refractivity contribution in [3.8, 4) is 0 Å². The molecular formula is C14H23ClN2O2. The number of nitrogens with two attached hydrogens (primary N) is 1. The first kappa shape index (κ1) is 17.9. The summed E-state index contributed by atoms with van der Waals surface area (Å²) >= 11 is 0. The van der Waals surface area contributed by atoms with Crippen LogP contribution in [0.5, 0.6) is 0 Å². The van der Waals surface area contributed by atoms with Crippen molar-refractivity contribution < 1.29 is 9.53 Å². The lowest BCUT2D eigenvalue weighted by atomic mass is 9.92. The molecule has 0 saturated carbocycles. The van der Waals surface area contributed by atoms with E-state index in [1.54, 1.807) is 14.0 Å². The summed E-state index contributed by atoms with van der Waals surface area (Å²) in [7, 11) is 1.62. The molecule has 0 aliphatic heterocycles. The molecule has 0 bridgehead atoms. The highest BCUT2D eigenvalue weighted by Crippen LogP contribution is 2.17. The number of halogens is 1. The molecule has 1 aromatic rings. The van der Waals surface area contributed by atoms with Gasteiger partial charge in [0.15, 0.2) is 0 Å². The summed E-state index contributed by atoms with van der Waals surface area (Å²) in [6, 6.07) is 9.36. The molecule has 0 aliphatic rings. The van der Waals surface area contributed by atoms with Crippen LogP contribution in [0.2, 0.25) is 0 Å². The van der Waals surface area contributed by atoms with E-state index in [1.165, 1.54) is 0 Å². The van der Waals surface area contributed by atoms with E-state index in [9.17, 15) is 4.79 Å². The third kappa shape index (κ3) is 4.82. The topological polar surface area (TPSA) is 64.3 Å². The smallest absolute Gasteiger partial charge is 0.244 e. The summed E-state index contributed by atoms with van der Waals surface area (Å²) in [4.78, 5) is 12.2. The van der Waals surface area contributed by atoms with Gasteiger partial charge in [0.25, 0.3) is 0 Å². The lowest BCUT2D eigenvalue weighted by Gasteiger charge is -2.27. The Balaban J connectivity index is 0.00000324. The van der Waals surface area contributed by atoms with E-state index >= 15 is 0 Å². The zero-order chi connectivity index (χ0) is 13.6. The first-order valence-electron chi connectivity index (χ1n) is 6.16. The highest BCUT2D eigenvalue weighted by molar-refractivity contribution is 5.87. The summed E-state index contributed by atoms with van der Waals surface area (Å²) in [5.41, 5.74) is 5.90. The van der Waals surface area contributed by atoms with Crippen LogP contribution in [0, 0.1) is 0 Å². The summed E-state index contributed by atoms with van der Waals surface area (Å²) < 4.78 is 5.06. The molecule has 1 rings (SSSR count). The minimum atomic E-state index is -1.03. The lowest BCUT2D eigenvalue weighted by molar-refractivity contribution is -0.127. The van der Waals surface area contributed by atoms with E-state index in [0.29, 0.717) is 6.61 Å². The van der Waals surface area contributed by atoms with Crippen LogP contribution in [0.25, 0.3) is 0 Å². The molecule has 2 atom stereocenters. The maximum absolute atomic E-state index is 12.2. The molecule has 4 nitrogen and oxygen atoms in total. The molecular weight excluding hydrogens is 264 g/mol. The van der Waals surface area contributed by atoms with Crippen LogP contribution in [0.4, 0.5) is 0 Å². The highest BCUT2D eigenvalue weighted by Gasteiger charge is 2.31. The number of methoxy groups -OCH3 is 1. The summed E-state index contributed by atoms with van der Waals surface area (Å²) in [5.74, 6) is -0.183. The number of rotatable bonds is 6. The van der Waals surface area contributed by atoms with Gasteiger partial charge in [0.2, 0.25) is 5.91 Å². The first-order valence-corrected chi connectivity index (χ1v) is 6.16. The molecule has 5 heteroatoms. The Morgan fingerprint density at radius 2 is 2.00 bits per heavy atom. The van der Waals surface area contributed by atoms with Crippen molar-refractivity contribution >= 4 is 18.3 Å². The Bertz CT molecular complexity index is 382. The second-order valence-electron chi connectivity index (χ2n) is 4.60. The molecule has 0 aromatic heterocycles. The minimum Gasteiger partial charge on any atom is -0.383 e. The van der Waals surface area contributed by atoms with Gasteiger partial charge in [-0.15, -0.1) is 12.4 Å². The van der Waals surface area contributed by atoms with Crippen molar-refractivity contribution in [2.45, 2.75) is 31.8 Å². The number of carbonyl (C=O) groups excluding carboxylic acids is 1. The predicted molar refractivity (Wildman–Crippen MR) is 79.3 cm³/mol. The van der Waals surface area contributed by atoms with Crippen LogP contribution in [0.1, 0.15) is 25.8 Å². The van der Waals surface area contributed by atoms with E-state index in [-0.39, 0.29) is 24.4 Å². The number of carbonyl (C=O) groups is 1. The van der Waals surface area contributed by atoms with Crippen LogP contribution in [0.3, 0.4) is 0 Å². The zero-order valence-corrected chi connectivity index (χ0v) is 12.5. The molecule has 1 aromatic carbocycles. The fourth-order valence-electron chi connectivity index (χ4n) is 1.71. The molecule has 0 saturated heterocycles. The summed E-state index contributed by atoms with van der Waals surface area (Å²) in [6.07, 6.45) is 0.810. The second kappa shape index (κ2) is 8.15. The fraction of sp³-hybridized carbons (Fsp3) is 0.500. The average molecular weight is 287 g/mol. The molecule has 0 heterocycles. The van der Waals surface area contributed by atoms with E-state index in [2.05, 4.69) is 5.32 Å². The Labute approximate surface area is 121 Å². The lowest BCUT2D eigenvalue weighted by Crippen LogP contribution is -2.52. The Morgan fingerprint density at radius 1 is 1.42 bits per heavy atom. The normalized spacial score (nSPS) is 14.9. The monoisotopic (exact) mass is 286 g/mol. The number of benzene rings is 1. The zero-order valence-electron chi connectivity index (χ0n) is 11.7. The van der Waals surface area contributed by atoms with Crippen LogP contribution in [0.15, 0.2) is 30.3 Å². The van der Waals surface area contributed by atoms with E-state index < -0.39 is 5.54 Å². The van der Waals surface area contributed by atoms with Crippen LogP contribution >= 0.6 is 12.4 Å². The Kier molecular flexibility index (Phi) is 7.68. The van der Waals surface area contributed by atoms with Crippen molar-refractivity contribution in [3.05, 3.63) is 35.9 Å². The Morgan fingerprint density at radius 3 is 2.47 bits per heavy atom. The van der Waals surface area contributed by atoms with Gasteiger partial charge >= 0.3 is 0 Å². The van der Waals surface area contributed by atoms with E-state index in [4.69, 9.17) is 10.5 Å². The third-order valence-electron chi connectivity index (χ3n) is 3.04. The largest absolute Gasteiger partial charge is 0.383 e. The first-order chi connectivity index (χ1) is 8.52. The molecule has 108 valence electrons. The van der Waals surface area contributed by atoms with Gasteiger partial charge < -0.3 is 15.8 Å². The third-order valence-corrected chi connectivity index (χ3v) is 3.04. The second-order valence-corrected chi connectivity index (χ2v) is 4.60. The molecule has 0 aliphatic carbocycles. The van der Waals surface area contributed by atoms with Crippen molar-refractivity contribution in [2.24, 2.45) is 5.73 Å². The summed E-state index contributed by atoms with van der Waals surface area (Å²) in [6.45, 7) is 4.21. The van der Waals surface area contributed by atoms with Gasteiger partial charge in [-0.3, -0.25) is 4.79 Å². The molecule has 1 amide bonds. The fourth-order valence-corrected chi connectivity index (χ4v) is 1.71. The maximum Gasteiger partial charge on any atom is 0.244 e. The molecule has 0 radical (unpaired) electrons. The SMILES string of the molecule is CCC(COC)NC(=O)C(C)(N)c1ccccc1.Cl. The summed E-state index contributed by atoms with van der Waals surface area (Å²) in [5, 5.41) is 2.92. The molecule has 0 fully saturated rings. The number of hydrogen-bond donors (Lipinski definition) is 2. The van der Waals surface area contributed by atoms with Crippen molar-refractivity contribution in [2.75, 3.05) is 13.7 Å². The minimum absolute atomic E-state index is 0. The van der Waals surface area contributed by atoms with Crippen molar-refractivity contribution in [1.29, 1.82) is 0 Å². The number of ether oxygens (including phenoxy) is 1. The van der Waals surface area contributed by atoms with Crippen LogP contribution in [-0.4, -0.2) is 25.7 Å². The van der Waals surface area contributed by atoms with Gasteiger partial charge in [0.05, 0.1) is 12.6 Å². The quantitative estimate of drug-likeness (QED) is 0.838. The standard InChI is InChI=1S/C14H22N2O2.ClH/c1-4-12(10-18-3)16-13(17)14(2,15)11-8-6-5-7-9-11;/h5-9,12H,4,10,15H2,1-3H3,(H,16,17);1H. The molecule has 19 heavy (non-hydrogen) atoms. The molecule has 0 spiro atoms. The number of amides is 1. The molecule has 3 N–H and O–H groups in total. The maximum atomic E-state index is 12.2. The van der Waals surface area contributed by atoms with E-state index in [1.807, 2.05) is 37.3 Å². The van der Waals surface area contributed by atoms with Crippen LogP contribution < -0.4 is 11.1 Å². The Hall–Kier alpha value is -1.10. The highest BCUT2D eigenvalue weighted by atomic mass is 35.5. The van der Waals surface area contributed by atoms with Crippen molar-refractivity contribution in [3.63, 3.8) is 0 Å². The van der Waals surface area contributed by atoms with Gasteiger partial charge in [0, 0.05) is 7.11 Å². The van der Waals surface area contributed by atoms with Gasteiger partial charge in [-0.05, 0) is 18.9 Å². The average Bonchev–Trinajstić information content (AvgIpc) is 2.39. The van der Waals surface area contributed by atoms with Gasteiger partial charge in [0.1, 0.15) is 5.54 Å². The van der Waals surface area contributed by atoms with Gasteiger partial charge in [-0.25, -0.2) is 0 Å². The van der Waals surface area contributed by atoms with E-state index in [0.717, 1.165) is 12.0 Å². The number of nitrogens with one attached hydrogen (secondary N) is 1. The van der Waals surface area contributed by atoms with Crippen molar-refractivity contribution in [1.82, 2.24) is 5.32 Å². The van der Waals surface area contributed by atoms with Gasteiger partial charge in [-0.2, -0.15) is 0 Å². The van der Waals surface area contributed by atoms with Crippen LogP contribution in [-0.2, 0) is 15.1 Å².